The van der Waals surface area contributed by atoms with E-state index in [1.165, 1.54) is 33.5 Å². The van der Waals surface area contributed by atoms with Gasteiger partial charge in [-0.05, 0) is 51.1 Å². The van der Waals surface area contributed by atoms with Crippen molar-refractivity contribution in [2.24, 2.45) is 0 Å². The zero-order valence-corrected chi connectivity index (χ0v) is 19.5. The summed E-state index contributed by atoms with van der Waals surface area (Å²) in [6, 6.07) is 9.64. The molecule has 33 heavy (non-hydrogen) atoms. The van der Waals surface area contributed by atoms with Crippen LogP contribution in [0.2, 0.25) is 0 Å². The van der Waals surface area contributed by atoms with Gasteiger partial charge in [0.1, 0.15) is 12.1 Å². The van der Waals surface area contributed by atoms with Crippen LogP contribution in [0.4, 0.5) is 16.2 Å². The summed E-state index contributed by atoms with van der Waals surface area (Å²) in [5.74, 6) is 0.209. The molecule has 0 unspecified atom stereocenters. The van der Waals surface area contributed by atoms with Crippen LogP contribution in [0.25, 0.3) is 0 Å². The molecule has 0 aliphatic rings. The van der Waals surface area contributed by atoms with Crippen molar-refractivity contribution in [1.29, 1.82) is 0 Å². The fraction of sp³-hybridized carbons (Fsp3) is 0.348. The van der Waals surface area contributed by atoms with Crippen molar-refractivity contribution in [2.75, 3.05) is 38.5 Å². The topological polar surface area (TPSA) is 124 Å². The van der Waals surface area contributed by atoms with Crippen LogP contribution in [0.15, 0.2) is 36.4 Å². The Bertz CT molecular complexity index is 990. The van der Waals surface area contributed by atoms with Crippen molar-refractivity contribution in [3.05, 3.63) is 42.0 Å². The number of nitrogens with one attached hydrogen (secondary N) is 3. The van der Waals surface area contributed by atoms with Crippen LogP contribution in [-0.4, -0.2) is 51.4 Å². The van der Waals surface area contributed by atoms with Crippen LogP contribution in [0, 0.1) is 0 Å². The Morgan fingerprint density at radius 3 is 1.94 bits per heavy atom. The van der Waals surface area contributed by atoms with E-state index < -0.39 is 23.5 Å². The van der Waals surface area contributed by atoms with Gasteiger partial charge in [0, 0.05) is 16.9 Å². The predicted molar refractivity (Wildman–Crippen MR) is 123 cm³/mol. The van der Waals surface area contributed by atoms with Gasteiger partial charge in [0.2, 0.25) is 11.7 Å². The number of amides is 3. The molecule has 0 atom stereocenters. The first-order valence-electron chi connectivity index (χ1n) is 10.0. The van der Waals surface area contributed by atoms with Crippen LogP contribution < -0.4 is 30.2 Å². The number of carbonyl (C=O) groups is 3. The fourth-order valence-corrected chi connectivity index (χ4v) is 2.76. The van der Waals surface area contributed by atoms with Gasteiger partial charge in [-0.25, -0.2) is 4.79 Å². The number of anilines is 2. The van der Waals surface area contributed by atoms with E-state index in [4.69, 9.17) is 18.9 Å². The Balaban J connectivity index is 2.04. The molecule has 0 radical (unpaired) electrons. The minimum absolute atomic E-state index is 0.267. The van der Waals surface area contributed by atoms with E-state index in [0.717, 1.165) is 0 Å². The molecular formula is C23H29N3O7. The molecule has 2 aromatic carbocycles. The third-order valence-electron chi connectivity index (χ3n) is 4.12. The van der Waals surface area contributed by atoms with E-state index >= 15 is 0 Å². The molecular weight excluding hydrogens is 430 g/mol. The first-order chi connectivity index (χ1) is 15.6. The molecule has 178 valence electrons. The molecule has 0 fully saturated rings. The van der Waals surface area contributed by atoms with Crippen LogP contribution in [0.1, 0.15) is 31.1 Å². The number of ether oxygens (including phenoxy) is 4. The molecule has 0 heterocycles. The average molecular weight is 459 g/mol. The molecule has 0 bridgehead atoms. The number of carbonyl (C=O) groups excluding carboxylic acids is 3. The SMILES string of the molecule is COc1cc(C(=O)Nc2cccc(NC(=O)CNC(=O)OC(C)(C)C)c2)cc(OC)c1OC. The summed E-state index contributed by atoms with van der Waals surface area (Å²) in [4.78, 5) is 36.6. The summed E-state index contributed by atoms with van der Waals surface area (Å²) in [6.07, 6.45) is -0.691. The highest BCUT2D eigenvalue weighted by Gasteiger charge is 2.18. The van der Waals surface area contributed by atoms with Gasteiger partial charge in [0.25, 0.3) is 5.91 Å². The molecule has 0 saturated heterocycles. The highest BCUT2D eigenvalue weighted by Crippen LogP contribution is 2.38. The lowest BCUT2D eigenvalue weighted by atomic mass is 10.1. The van der Waals surface area contributed by atoms with Gasteiger partial charge in [-0.1, -0.05) is 6.07 Å². The molecule has 2 rings (SSSR count). The zero-order valence-electron chi connectivity index (χ0n) is 19.5. The summed E-state index contributed by atoms with van der Waals surface area (Å²) >= 11 is 0. The molecule has 0 aliphatic carbocycles. The smallest absolute Gasteiger partial charge is 0.408 e. The van der Waals surface area contributed by atoms with Crippen molar-refractivity contribution < 1.29 is 33.3 Å². The van der Waals surface area contributed by atoms with Crippen molar-refractivity contribution in [1.82, 2.24) is 5.32 Å². The van der Waals surface area contributed by atoms with Crippen LogP contribution >= 0.6 is 0 Å². The van der Waals surface area contributed by atoms with Crippen molar-refractivity contribution in [3.63, 3.8) is 0 Å². The number of alkyl carbamates (subject to hydrolysis) is 1. The lowest BCUT2D eigenvalue weighted by Gasteiger charge is -2.19. The van der Waals surface area contributed by atoms with Gasteiger partial charge >= 0.3 is 6.09 Å². The van der Waals surface area contributed by atoms with E-state index in [1.54, 1.807) is 45.0 Å². The number of hydrogen-bond donors (Lipinski definition) is 3. The van der Waals surface area contributed by atoms with Gasteiger partial charge in [-0.3, -0.25) is 9.59 Å². The van der Waals surface area contributed by atoms with E-state index in [-0.39, 0.29) is 6.54 Å². The van der Waals surface area contributed by atoms with Crippen molar-refractivity contribution >= 4 is 29.3 Å². The van der Waals surface area contributed by atoms with Gasteiger partial charge in [0.05, 0.1) is 21.3 Å². The normalized spacial score (nSPS) is 10.6. The standard InChI is InChI=1S/C23H29N3O7/c1-23(2,3)33-22(29)24-13-19(27)25-15-8-7-9-16(12-15)26-21(28)14-10-17(30-4)20(32-6)18(11-14)31-5/h7-12H,13H2,1-6H3,(H,24,29)(H,25,27)(H,26,28). The molecule has 10 nitrogen and oxygen atoms in total. The Kier molecular flexibility index (Phi) is 8.49. The Labute approximate surface area is 192 Å². The second kappa shape index (κ2) is 11.1. The van der Waals surface area contributed by atoms with E-state index in [2.05, 4.69) is 16.0 Å². The highest BCUT2D eigenvalue weighted by molar-refractivity contribution is 6.05. The van der Waals surface area contributed by atoms with Crippen LogP contribution in [0.3, 0.4) is 0 Å². The van der Waals surface area contributed by atoms with Gasteiger partial charge in [0.15, 0.2) is 11.5 Å². The molecule has 0 aliphatic heterocycles. The Morgan fingerprint density at radius 1 is 0.848 bits per heavy atom. The first kappa shape index (κ1) is 25.3. The molecule has 0 aromatic heterocycles. The predicted octanol–water partition coefficient (Wildman–Crippen LogP) is 3.43. The second-order valence-corrected chi connectivity index (χ2v) is 7.85. The lowest BCUT2D eigenvalue weighted by molar-refractivity contribution is -0.115. The van der Waals surface area contributed by atoms with E-state index in [1.807, 2.05) is 0 Å². The van der Waals surface area contributed by atoms with E-state index in [9.17, 15) is 14.4 Å². The third kappa shape index (κ3) is 7.60. The number of methoxy groups -OCH3 is 3. The maximum atomic E-state index is 12.8. The van der Waals surface area contributed by atoms with Gasteiger partial charge < -0.3 is 34.9 Å². The molecule has 3 amide bonds. The van der Waals surface area contributed by atoms with Crippen LogP contribution in [0.5, 0.6) is 17.2 Å². The van der Waals surface area contributed by atoms with E-state index in [0.29, 0.717) is 34.2 Å². The minimum Gasteiger partial charge on any atom is -0.493 e. The summed E-state index contributed by atoms with van der Waals surface area (Å²) < 4.78 is 20.9. The number of hydrogen-bond acceptors (Lipinski definition) is 7. The molecule has 0 saturated carbocycles. The summed E-state index contributed by atoms with van der Waals surface area (Å²) in [6.45, 7) is 4.91. The van der Waals surface area contributed by atoms with Crippen molar-refractivity contribution in [3.8, 4) is 17.2 Å². The fourth-order valence-electron chi connectivity index (χ4n) is 2.76. The summed E-state index contributed by atoms with van der Waals surface area (Å²) in [5.41, 5.74) is 0.520. The highest BCUT2D eigenvalue weighted by atomic mass is 16.6. The minimum atomic E-state index is -0.691. The Morgan fingerprint density at radius 2 is 1.42 bits per heavy atom. The number of rotatable bonds is 8. The monoisotopic (exact) mass is 459 g/mol. The maximum Gasteiger partial charge on any atom is 0.408 e. The summed E-state index contributed by atoms with van der Waals surface area (Å²) in [5, 5.41) is 7.79. The molecule has 0 spiro atoms. The summed E-state index contributed by atoms with van der Waals surface area (Å²) in [7, 11) is 4.40. The second-order valence-electron chi connectivity index (χ2n) is 7.85. The van der Waals surface area contributed by atoms with Gasteiger partial charge in [-0.15, -0.1) is 0 Å². The first-order valence-corrected chi connectivity index (χ1v) is 10.0. The van der Waals surface area contributed by atoms with Gasteiger partial charge in [-0.2, -0.15) is 0 Å². The zero-order chi connectivity index (χ0) is 24.6. The number of benzene rings is 2. The quantitative estimate of drug-likeness (QED) is 0.552. The maximum absolute atomic E-state index is 12.8. The third-order valence-corrected chi connectivity index (χ3v) is 4.12. The molecule has 2 aromatic rings. The van der Waals surface area contributed by atoms with Crippen molar-refractivity contribution in [2.45, 2.75) is 26.4 Å². The average Bonchev–Trinajstić information content (AvgIpc) is 2.75. The molecule has 10 heteroatoms. The largest absolute Gasteiger partial charge is 0.493 e. The lowest BCUT2D eigenvalue weighted by Crippen LogP contribution is -2.37. The Hall–Kier alpha value is -3.95. The van der Waals surface area contributed by atoms with Crippen LogP contribution in [-0.2, 0) is 9.53 Å². The molecule has 3 N–H and O–H groups in total.